The average molecular weight is 268 g/mol. The molecular weight excluding hydrogens is 257 g/mol. The van der Waals surface area contributed by atoms with Gasteiger partial charge in [0.15, 0.2) is 0 Å². The second-order valence-corrected chi connectivity index (χ2v) is 5.10. The summed E-state index contributed by atoms with van der Waals surface area (Å²) in [7, 11) is 0. The van der Waals surface area contributed by atoms with Crippen molar-refractivity contribution in [3.05, 3.63) is 40.7 Å². The maximum Gasteiger partial charge on any atom is 0.326 e. The van der Waals surface area contributed by atoms with Gasteiger partial charge in [-0.3, -0.25) is 0 Å². The number of allylic oxidation sites excluding steroid dienone is 2. The lowest BCUT2D eigenvalue weighted by Gasteiger charge is -2.34. The number of nitrogens with one attached hydrogen (secondary N) is 1. The first-order valence-electron chi connectivity index (χ1n) is 5.73. The summed E-state index contributed by atoms with van der Waals surface area (Å²) in [5.74, 6) is -1.60. The van der Waals surface area contributed by atoms with E-state index in [2.05, 4.69) is 5.32 Å². The molecule has 0 amide bonds. The van der Waals surface area contributed by atoms with Gasteiger partial charge in [0, 0.05) is 16.9 Å². The molecule has 0 saturated heterocycles. The monoisotopic (exact) mass is 267 g/mol. The lowest BCUT2D eigenvalue weighted by Crippen LogP contribution is -2.42. The highest BCUT2D eigenvalue weighted by atomic mass is 35.5. The van der Waals surface area contributed by atoms with Crippen molar-refractivity contribution < 1.29 is 14.3 Å². The van der Waals surface area contributed by atoms with Crippen LogP contribution in [0.3, 0.4) is 0 Å². The third-order valence-electron chi connectivity index (χ3n) is 3.65. The maximum atomic E-state index is 13.9. The highest BCUT2D eigenvalue weighted by Crippen LogP contribution is 2.46. The zero-order valence-electron chi connectivity index (χ0n) is 9.36. The predicted octanol–water partition coefficient (Wildman–Crippen LogP) is 3.02. The van der Waals surface area contributed by atoms with Gasteiger partial charge < -0.3 is 10.4 Å². The molecule has 1 aliphatic heterocycles. The first-order chi connectivity index (χ1) is 8.58. The van der Waals surface area contributed by atoms with Crippen molar-refractivity contribution in [1.29, 1.82) is 0 Å². The molecule has 1 aromatic rings. The van der Waals surface area contributed by atoms with E-state index in [1.807, 2.05) is 12.2 Å². The number of carboxylic acids is 1. The van der Waals surface area contributed by atoms with Gasteiger partial charge in [0.05, 0.1) is 5.69 Å². The fourth-order valence-corrected chi connectivity index (χ4v) is 3.08. The minimum absolute atomic E-state index is 0.0736. The second-order valence-electron chi connectivity index (χ2n) is 4.67. The smallest absolute Gasteiger partial charge is 0.326 e. The Hall–Kier alpha value is -1.55. The number of aliphatic carboxylic acids is 1. The van der Waals surface area contributed by atoms with Crippen molar-refractivity contribution >= 4 is 23.3 Å². The van der Waals surface area contributed by atoms with Crippen LogP contribution in [-0.4, -0.2) is 17.1 Å². The molecule has 0 radical (unpaired) electrons. The summed E-state index contributed by atoms with van der Waals surface area (Å²) in [5.41, 5.74) is 1.01. The number of carbonyl (C=O) groups is 1. The Morgan fingerprint density at radius 3 is 3.00 bits per heavy atom. The molecule has 0 saturated carbocycles. The number of fused-ring (bicyclic) bond motifs is 3. The SMILES string of the molecule is O=C(O)[C@@H]1Nc2c(F)cc(Cl)cc2[C@H]2C=CC[C@@H]21. The van der Waals surface area contributed by atoms with Gasteiger partial charge in [-0.05, 0) is 24.1 Å². The summed E-state index contributed by atoms with van der Waals surface area (Å²) in [6, 6.07) is 2.15. The first-order valence-corrected chi connectivity index (χ1v) is 6.10. The predicted molar refractivity (Wildman–Crippen MR) is 66.4 cm³/mol. The molecule has 18 heavy (non-hydrogen) atoms. The first kappa shape index (κ1) is 11.5. The van der Waals surface area contributed by atoms with Crippen LogP contribution in [0, 0.1) is 11.7 Å². The van der Waals surface area contributed by atoms with E-state index in [-0.39, 0.29) is 17.5 Å². The van der Waals surface area contributed by atoms with Crippen LogP contribution in [-0.2, 0) is 4.79 Å². The van der Waals surface area contributed by atoms with Crippen LogP contribution in [0.4, 0.5) is 10.1 Å². The van der Waals surface area contributed by atoms with Crippen LogP contribution in [0.5, 0.6) is 0 Å². The van der Waals surface area contributed by atoms with Crippen LogP contribution >= 0.6 is 11.6 Å². The third kappa shape index (κ3) is 1.60. The Labute approximate surface area is 108 Å². The number of halogens is 2. The number of benzene rings is 1. The largest absolute Gasteiger partial charge is 0.480 e. The van der Waals surface area contributed by atoms with Gasteiger partial charge in [-0.25, -0.2) is 9.18 Å². The van der Waals surface area contributed by atoms with E-state index >= 15 is 0 Å². The summed E-state index contributed by atoms with van der Waals surface area (Å²) in [6.07, 6.45) is 4.57. The van der Waals surface area contributed by atoms with Gasteiger partial charge in [0.1, 0.15) is 11.9 Å². The molecule has 0 unspecified atom stereocenters. The molecular formula is C13H11ClFNO2. The molecule has 3 rings (SSSR count). The van der Waals surface area contributed by atoms with Crippen LogP contribution in [0.2, 0.25) is 5.02 Å². The van der Waals surface area contributed by atoms with E-state index in [0.29, 0.717) is 11.4 Å². The van der Waals surface area contributed by atoms with Crippen molar-refractivity contribution in [2.45, 2.75) is 18.4 Å². The molecule has 0 spiro atoms. The topological polar surface area (TPSA) is 49.3 Å². The van der Waals surface area contributed by atoms with Crippen LogP contribution in [0.15, 0.2) is 24.3 Å². The molecule has 1 aliphatic carbocycles. The second kappa shape index (κ2) is 3.99. The average Bonchev–Trinajstić information content (AvgIpc) is 2.76. The minimum atomic E-state index is -0.950. The third-order valence-corrected chi connectivity index (χ3v) is 3.87. The van der Waals surface area contributed by atoms with Crippen molar-refractivity contribution in [3.8, 4) is 0 Å². The van der Waals surface area contributed by atoms with E-state index in [4.69, 9.17) is 11.6 Å². The molecule has 3 atom stereocenters. The van der Waals surface area contributed by atoms with E-state index < -0.39 is 17.8 Å². The molecule has 3 nitrogen and oxygen atoms in total. The van der Waals surface area contributed by atoms with Gasteiger partial charge in [0.25, 0.3) is 0 Å². The number of carboxylic acid groups (broad SMARTS) is 1. The molecule has 5 heteroatoms. The van der Waals surface area contributed by atoms with Crippen molar-refractivity contribution in [2.24, 2.45) is 5.92 Å². The molecule has 0 bridgehead atoms. The maximum absolute atomic E-state index is 13.9. The Morgan fingerprint density at radius 1 is 1.50 bits per heavy atom. The zero-order chi connectivity index (χ0) is 12.9. The summed E-state index contributed by atoms with van der Waals surface area (Å²) in [4.78, 5) is 11.2. The Bertz CT molecular complexity index is 558. The quantitative estimate of drug-likeness (QED) is 0.769. The number of hydrogen-bond donors (Lipinski definition) is 2. The molecule has 0 fully saturated rings. The summed E-state index contributed by atoms with van der Waals surface area (Å²) in [6.45, 7) is 0. The lowest BCUT2D eigenvalue weighted by atomic mass is 9.79. The minimum Gasteiger partial charge on any atom is -0.480 e. The highest BCUT2D eigenvalue weighted by molar-refractivity contribution is 6.30. The Balaban J connectivity index is 2.14. The van der Waals surface area contributed by atoms with Crippen LogP contribution in [0.25, 0.3) is 0 Å². The zero-order valence-corrected chi connectivity index (χ0v) is 10.1. The molecule has 1 heterocycles. The van der Waals surface area contributed by atoms with E-state index in [0.717, 1.165) is 5.56 Å². The molecule has 2 N–H and O–H groups in total. The molecule has 94 valence electrons. The standard InChI is InChI=1S/C13H11ClFNO2/c14-6-4-9-7-2-1-3-8(7)12(13(17)18)16-11(9)10(15)5-6/h1-2,4-5,7-8,12,16H,3H2,(H,17,18)/t7-,8-,12+/m0/s1. The summed E-state index contributed by atoms with van der Waals surface area (Å²) in [5, 5.41) is 12.3. The van der Waals surface area contributed by atoms with Gasteiger partial charge in [-0.15, -0.1) is 0 Å². The van der Waals surface area contributed by atoms with E-state index in [1.165, 1.54) is 6.07 Å². The summed E-state index contributed by atoms with van der Waals surface area (Å²) >= 11 is 5.86. The fourth-order valence-electron chi connectivity index (χ4n) is 2.87. The highest BCUT2D eigenvalue weighted by Gasteiger charge is 2.41. The fraction of sp³-hybridized carbons (Fsp3) is 0.308. The number of anilines is 1. The molecule has 2 aliphatic rings. The van der Waals surface area contributed by atoms with Crippen molar-refractivity contribution in [1.82, 2.24) is 0 Å². The van der Waals surface area contributed by atoms with Gasteiger partial charge in [-0.2, -0.15) is 0 Å². The van der Waals surface area contributed by atoms with Gasteiger partial charge >= 0.3 is 5.97 Å². The van der Waals surface area contributed by atoms with E-state index in [9.17, 15) is 14.3 Å². The normalized spacial score (nSPS) is 28.4. The summed E-state index contributed by atoms with van der Waals surface area (Å²) < 4.78 is 13.9. The Morgan fingerprint density at radius 2 is 2.28 bits per heavy atom. The van der Waals surface area contributed by atoms with Crippen molar-refractivity contribution in [3.63, 3.8) is 0 Å². The number of hydrogen-bond acceptors (Lipinski definition) is 2. The van der Waals surface area contributed by atoms with Crippen LogP contribution in [0.1, 0.15) is 17.9 Å². The lowest BCUT2D eigenvalue weighted by molar-refractivity contribution is -0.139. The Kier molecular flexibility index (Phi) is 2.55. The molecule has 1 aromatic carbocycles. The van der Waals surface area contributed by atoms with Crippen molar-refractivity contribution in [2.75, 3.05) is 5.32 Å². The van der Waals surface area contributed by atoms with Gasteiger partial charge in [-0.1, -0.05) is 23.8 Å². The number of rotatable bonds is 1. The molecule has 0 aromatic heterocycles. The van der Waals surface area contributed by atoms with Crippen LogP contribution < -0.4 is 5.32 Å². The van der Waals surface area contributed by atoms with E-state index in [1.54, 1.807) is 6.07 Å². The van der Waals surface area contributed by atoms with Gasteiger partial charge in [0.2, 0.25) is 0 Å².